The van der Waals surface area contributed by atoms with E-state index in [1.807, 2.05) is 37.4 Å². The van der Waals surface area contributed by atoms with E-state index in [1.54, 1.807) is 0 Å². The number of rotatable bonds is 5. The summed E-state index contributed by atoms with van der Waals surface area (Å²) in [6.07, 6.45) is 1.00. The van der Waals surface area contributed by atoms with Crippen LogP contribution in [0.5, 0.6) is 11.5 Å². The molecule has 0 saturated heterocycles. The summed E-state index contributed by atoms with van der Waals surface area (Å²) in [5.74, 6) is 1.82. The van der Waals surface area contributed by atoms with E-state index in [0.29, 0.717) is 6.04 Å². The van der Waals surface area contributed by atoms with E-state index in [-0.39, 0.29) is 12.4 Å². The maximum absolute atomic E-state index is 5.94. The van der Waals surface area contributed by atoms with Gasteiger partial charge < -0.3 is 10.1 Å². The summed E-state index contributed by atoms with van der Waals surface area (Å²) >= 11 is 0. The van der Waals surface area contributed by atoms with Crippen LogP contribution < -0.4 is 10.1 Å². The van der Waals surface area contributed by atoms with Crippen molar-refractivity contribution >= 4 is 12.4 Å². The molecular weight excluding hydrogens is 270 g/mol. The summed E-state index contributed by atoms with van der Waals surface area (Å²) in [4.78, 5) is 0. The van der Waals surface area contributed by atoms with Crippen molar-refractivity contribution in [1.29, 1.82) is 0 Å². The highest BCUT2D eigenvalue weighted by Crippen LogP contribution is 2.25. The zero-order chi connectivity index (χ0) is 13.7. The third-order valence-corrected chi connectivity index (χ3v) is 3.25. The Bertz CT molecular complexity index is 542. The Morgan fingerprint density at radius 1 is 1.10 bits per heavy atom. The van der Waals surface area contributed by atoms with Gasteiger partial charge in [0.1, 0.15) is 11.5 Å². The predicted molar refractivity (Wildman–Crippen MR) is 87.2 cm³/mol. The van der Waals surface area contributed by atoms with Gasteiger partial charge in [0.15, 0.2) is 0 Å². The lowest BCUT2D eigenvalue weighted by Gasteiger charge is -2.12. The minimum absolute atomic E-state index is 0. The van der Waals surface area contributed by atoms with Crippen LogP contribution in [-0.2, 0) is 6.42 Å². The number of hydrogen-bond donors (Lipinski definition) is 1. The maximum Gasteiger partial charge on any atom is 0.130 e. The van der Waals surface area contributed by atoms with Gasteiger partial charge in [0, 0.05) is 6.04 Å². The van der Waals surface area contributed by atoms with E-state index >= 15 is 0 Å². The van der Waals surface area contributed by atoms with Crippen molar-refractivity contribution in [3.63, 3.8) is 0 Å². The molecule has 0 unspecified atom stereocenters. The standard InChI is InChI=1S/C17H21NO.ClH/c1-13-7-4-5-10-17(13)19-16-9-6-8-15(12-16)11-14(2)18-3;/h4-10,12,14,18H,11H2,1-3H3;1H/t14-;/m1./s1. The lowest BCUT2D eigenvalue weighted by atomic mass is 10.1. The first-order valence-corrected chi connectivity index (χ1v) is 6.68. The molecule has 0 aliphatic carbocycles. The van der Waals surface area contributed by atoms with Crippen LogP contribution in [0.2, 0.25) is 0 Å². The number of benzene rings is 2. The second kappa shape index (κ2) is 7.93. The van der Waals surface area contributed by atoms with Gasteiger partial charge >= 0.3 is 0 Å². The average Bonchev–Trinajstić information content (AvgIpc) is 2.42. The molecule has 1 atom stereocenters. The lowest BCUT2D eigenvalue weighted by Crippen LogP contribution is -2.23. The van der Waals surface area contributed by atoms with E-state index in [0.717, 1.165) is 23.5 Å². The first kappa shape index (κ1) is 16.5. The summed E-state index contributed by atoms with van der Waals surface area (Å²) in [5.41, 5.74) is 2.43. The molecule has 0 spiro atoms. The highest BCUT2D eigenvalue weighted by Gasteiger charge is 2.04. The van der Waals surface area contributed by atoms with Gasteiger partial charge in [0.25, 0.3) is 0 Å². The van der Waals surface area contributed by atoms with E-state index < -0.39 is 0 Å². The van der Waals surface area contributed by atoms with Gasteiger partial charge in [-0.3, -0.25) is 0 Å². The molecule has 0 heterocycles. The van der Waals surface area contributed by atoms with Crippen LogP contribution in [0.3, 0.4) is 0 Å². The van der Waals surface area contributed by atoms with Gasteiger partial charge in [-0.1, -0.05) is 30.3 Å². The first-order valence-electron chi connectivity index (χ1n) is 6.68. The Kier molecular flexibility index (Phi) is 6.56. The average molecular weight is 292 g/mol. The molecule has 2 rings (SSSR count). The monoisotopic (exact) mass is 291 g/mol. The number of likely N-dealkylation sites (N-methyl/N-ethyl adjacent to an activating group) is 1. The van der Waals surface area contributed by atoms with Gasteiger partial charge in [-0.25, -0.2) is 0 Å². The Morgan fingerprint density at radius 3 is 2.55 bits per heavy atom. The van der Waals surface area contributed by atoms with Gasteiger partial charge in [0.05, 0.1) is 0 Å². The second-order valence-corrected chi connectivity index (χ2v) is 4.91. The zero-order valence-corrected chi connectivity index (χ0v) is 13.0. The van der Waals surface area contributed by atoms with Gasteiger partial charge in [-0.15, -0.1) is 12.4 Å². The molecule has 2 nitrogen and oxygen atoms in total. The highest BCUT2D eigenvalue weighted by atomic mass is 35.5. The van der Waals surface area contributed by atoms with Crippen molar-refractivity contribution in [3.8, 4) is 11.5 Å². The number of aryl methyl sites for hydroxylation is 1. The molecule has 2 aromatic rings. The largest absolute Gasteiger partial charge is 0.457 e. The molecule has 1 N–H and O–H groups in total. The van der Waals surface area contributed by atoms with E-state index in [1.165, 1.54) is 5.56 Å². The molecule has 0 radical (unpaired) electrons. The van der Waals surface area contributed by atoms with Crippen LogP contribution in [0.15, 0.2) is 48.5 Å². The molecule has 20 heavy (non-hydrogen) atoms. The van der Waals surface area contributed by atoms with E-state index in [4.69, 9.17) is 4.74 Å². The van der Waals surface area contributed by atoms with Crippen molar-refractivity contribution in [2.45, 2.75) is 26.3 Å². The molecule has 2 aromatic carbocycles. The summed E-state index contributed by atoms with van der Waals surface area (Å²) < 4.78 is 5.94. The Morgan fingerprint density at radius 2 is 1.85 bits per heavy atom. The van der Waals surface area contributed by atoms with E-state index in [2.05, 4.69) is 37.4 Å². The second-order valence-electron chi connectivity index (χ2n) is 4.91. The van der Waals surface area contributed by atoms with Crippen molar-refractivity contribution in [2.24, 2.45) is 0 Å². The molecule has 0 bridgehead atoms. The molecule has 0 aliphatic rings. The number of para-hydroxylation sites is 1. The summed E-state index contributed by atoms with van der Waals surface area (Å²) in [5, 5.41) is 3.25. The Balaban J connectivity index is 0.00000200. The molecule has 0 fully saturated rings. The zero-order valence-electron chi connectivity index (χ0n) is 12.2. The fourth-order valence-electron chi connectivity index (χ4n) is 1.99. The quantitative estimate of drug-likeness (QED) is 0.884. The number of nitrogens with one attached hydrogen (secondary N) is 1. The Hall–Kier alpha value is -1.51. The van der Waals surface area contributed by atoms with Crippen LogP contribution in [0, 0.1) is 6.92 Å². The molecule has 108 valence electrons. The molecule has 3 heteroatoms. The minimum Gasteiger partial charge on any atom is -0.457 e. The van der Waals surface area contributed by atoms with E-state index in [9.17, 15) is 0 Å². The van der Waals surface area contributed by atoms with Crippen LogP contribution >= 0.6 is 12.4 Å². The van der Waals surface area contributed by atoms with Gasteiger partial charge in [-0.05, 0) is 56.6 Å². The predicted octanol–water partition coefficient (Wildman–Crippen LogP) is 4.36. The maximum atomic E-state index is 5.94. The van der Waals surface area contributed by atoms with Gasteiger partial charge in [-0.2, -0.15) is 0 Å². The molecular formula is C17H22ClNO. The number of halogens is 1. The van der Waals surface area contributed by atoms with Crippen LogP contribution in [0.4, 0.5) is 0 Å². The van der Waals surface area contributed by atoms with Gasteiger partial charge in [0.2, 0.25) is 0 Å². The summed E-state index contributed by atoms with van der Waals surface area (Å²) in [7, 11) is 1.98. The van der Waals surface area contributed by atoms with Crippen LogP contribution in [0.1, 0.15) is 18.1 Å². The lowest BCUT2D eigenvalue weighted by molar-refractivity contribution is 0.477. The fraction of sp³-hybridized carbons (Fsp3) is 0.294. The highest BCUT2D eigenvalue weighted by molar-refractivity contribution is 5.85. The van der Waals surface area contributed by atoms with Crippen molar-refractivity contribution < 1.29 is 4.74 Å². The van der Waals surface area contributed by atoms with Crippen molar-refractivity contribution in [2.75, 3.05) is 7.05 Å². The van der Waals surface area contributed by atoms with Crippen molar-refractivity contribution in [1.82, 2.24) is 5.32 Å². The van der Waals surface area contributed by atoms with Crippen LogP contribution in [0.25, 0.3) is 0 Å². The smallest absolute Gasteiger partial charge is 0.130 e. The first-order chi connectivity index (χ1) is 9.19. The third kappa shape index (κ3) is 4.55. The Labute approximate surface area is 127 Å². The molecule has 0 aliphatic heterocycles. The van der Waals surface area contributed by atoms with Crippen molar-refractivity contribution in [3.05, 3.63) is 59.7 Å². The number of hydrogen-bond acceptors (Lipinski definition) is 2. The molecule has 0 amide bonds. The fourth-order valence-corrected chi connectivity index (χ4v) is 1.99. The molecule has 0 aromatic heterocycles. The van der Waals surface area contributed by atoms with Crippen LogP contribution in [-0.4, -0.2) is 13.1 Å². The topological polar surface area (TPSA) is 21.3 Å². The normalized spacial score (nSPS) is 11.6. The molecule has 0 saturated carbocycles. The summed E-state index contributed by atoms with van der Waals surface area (Å²) in [6.45, 7) is 4.23. The summed E-state index contributed by atoms with van der Waals surface area (Å²) in [6, 6.07) is 16.8. The third-order valence-electron chi connectivity index (χ3n) is 3.25. The minimum atomic E-state index is 0. The SMILES string of the molecule is CN[C@H](C)Cc1cccc(Oc2ccccc2C)c1.Cl. The number of ether oxygens (including phenoxy) is 1.